The molecule has 180 valence electrons. The summed E-state index contributed by atoms with van der Waals surface area (Å²) in [6.45, 7) is 0.652. The predicted octanol–water partition coefficient (Wildman–Crippen LogP) is 4.17. The van der Waals surface area contributed by atoms with E-state index in [1.54, 1.807) is 18.2 Å². The zero-order valence-corrected chi connectivity index (χ0v) is 19.0. The maximum Gasteiger partial charge on any atom is 0.213 e. The molecule has 1 aromatic carbocycles. The molecule has 2 atom stereocenters. The summed E-state index contributed by atoms with van der Waals surface area (Å²) in [6, 6.07) is 9.95. The first kappa shape index (κ1) is 24.2. The molecule has 34 heavy (non-hydrogen) atoms. The highest BCUT2D eigenvalue weighted by Crippen LogP contribution is 2.35. The van der Waals surface area contributed by atoms with E-state index >= 15 is 0 Å². The monoisotopic (exact) mass is 469 g/mol. The fraction of sp³-hybridized carbons (Fsp3) is 0.385. The molecule has 0 aliphatic heterocycles. The van der Waals surface area contributed by atoms with Gasteiger partial charge in [0, 0.05) is 24.2 Å². The van der Waals surface area contributed by atoms with Gasteiger partial charge in [0.15, 0.2) is 0 Å². The highest BCUT2D eigenvalue weighted by Gasteiger charge is 2.33. The van der Waals surface area contributed by atoms with Crippen LogP contribution in [0.15, 0.2) is 48.7 Å². The quantitative estimate of drug-likeness (QED) is 0.459. The van der Waals surface area contributed by atoms with Crippen molar-refractivity contribution in [2.45, 2.75) is 43.9 Å². The lowest BCUT2D eigenvalue weighted by molar-refractivity contribution is -0.0315. The van der Waals surface area contributed by atoms with Crippen LogP contribution >= 0.6 is 0 Å². The van der Waals surface area contributed by atoms with Crippen LogP contribution in [0.4, 0.5) is 8.78 Å². The summed E-state index contributed by atoms with van der Waals surface area (Å²) in [5.74, 6) is -0.853. The Hall–Kier alpha value is -2.94. The van der Waals surface area contributed by atoms with E-state index in [1.807, 2.05) is 18.2 Å². The number of nitrogens with zero attached hydrogens (tertiary/aromatic N) is 2. The zero-order chi connectivity index (χ0) is 24.1. The summed E-state index contributed by atoms with van der Waals surface area (Å²) in [4.78, 5) is 8.27. The van der Waals surface area contributed by atoms with Crippen LogP contribution in [0.2, 0.25) is 0 Å². The normalized spacial score (nSPS) is 20.5. The van der Waals surface area contributed by atoms with Crippen LogP contribution in [0.25, 0.3) is 17.1 Å². The van der Waals surface area contributed by atoms with Crippen molar-refractivity contribution in [2.75, 3.05) is 13.7 Å². The molecule has 0 spiro atoms. The number of halogens is 2. The molecule has 3 N–H and O–H groups in total. The van der Waals surface area contributed by atoms with Crippen LogP contribution < -0.4 is 10.1 Å². The minimum atomic E-state index is -1.42. The van der Waals surface area contributed by atoms with Crippen molar-refractivity contribution in [3.63, 3.8) is 0 Å². The van der Waals surface area contributed by atoms with Gasteiger partial charge in [0.2, 0.25) is 5.88 Å². The van der Waals surface area contributed by atoms with Crippen molar-refractivity contribution in [1.82, 2.24) is 15.3 Å². The van der Waals surface area contributed by atoms with Crippen molar-refractivity contribution in [3.05, 3.63) is 71.4 Å². The molecule has 2 aromatic heterocycles. The average molecular weight is 470 g/mol. The molecular formula is C26H29F2N3O3. The smallest absolute Gasteiger partial charge is 0.213 e. The van der Waals surface area contributed by atoms with Crippen molar-refractivity contribution >= 4 is 17.1 Å². The minimum absolute atomic E-state index is 0.0564. The number of hydrogen-bond acceptors (Lipinski definition) is 6. The molecule has 0 unspecified atom stereocenters. The minimum Gasteiger partial charge on any atom is -0.481 e. The molecule has 1 aliphatic rings. The van der Waals surface area contributed by atoms with Gasteiger partial charge >= 0.3 is 0 Å². The van der Waals surface area contributed by atoms with Gasteiger partial charge in [0.25, 0.3) is 0 Å². The van der Waals surface area contributed by atoms with Gasteiger partial charge < -0.3 is 20.3 Å². The molecule has 3 aromatic rings. The first-order chi connectivity index (χ1) is 16.5. The number of fused-ring (bicyclic) bond motifs is 1. The van der Waals surface area contributed by atoms with Crippen molar-refractivity contribution in [2.24, 2.45) is 5.92 Å². The second kappa shape index (κ2) is 11.0. The summed E-state index contributed by atoms with van der Waals surface area (Å²) < 4.78 is 33.0. The predicted molar refractivity (Wildman–Crippen MR) is 126 cm³/mol. The summed E-state index contributed by atoms with van der Waals surface area (Å²) in [5.41, 5.74) is 1.36. The van der Waals surface area contributed by atoms with E-state index in [9.17, 15) is 19.0 Å². The van der Waals surface area contributed by atoms with Crippen LogP contribution in [0.5, 0.6) is 5.88 Å². The van der Waals surface area contributed by atoms with E-state index in [4.69, 9.17) is 4.74 Å². The second-order valence-corrected chi connectivity index (χ2v) is 8.65. The molecule has 0 amide bonds. The molecule has 0 saturated heterocycles. The van der Waals surface area contributed by atoms with Gasteiger partial charge in [-0.25, -0.2) is 13.8 Å². The molecule has 1 fully saturated rings. The van der Waals surface area contributed by atoms with Gasteiger partial charge in [-0.3, -0.25) is 4.98 Å². The Morgan fingerprint density at radius 1 is 1.15 bits per heavy atom. The zero-order valence-electron chi connectivity index (χ0n) is 19.0. The third kappa shape index (κ3) is 5.58. The standard InChI is InChI=1S/C26H29F2N3O3/c1-34-22-12-11-21-24(31-22)23(20(28)15-30-21)26(33)25(32)17-7-9-19(10-8-17)29-13-3-5-16-4-2-6-18(27)14-16/h2-6,11-12,14-15,17,19,25-26,29,32-33H,7-10,13H2,1H3/b5-3+/t17?,19?,25-,26-/m1/s1. The van der Waals surface area contributed by atoms with Crippen LogP contribution in [-0.4, -0.2) is 46.0 Å². The second-order valence-electron chi connectivity index (χ2n) is 8.65. The van der Waals surface area contributed by atoms with E-state index in [2.05, 4.69) is 15.3 Å². The number of aliphatic hydroxyl groups is 2. The number of aromatic nitrogens is 2. The number of ether oxygens (including phenoxy) is 1. The van der Waals surface area contributed by atoms with E-state index in [0.717, 1.165) is 24.6 Å². The van der Waals surface area contributed by atoms with Gasteiger partial charge in [0.05, 0.1) is 24.9 Å². The molecule has 8 heteroatoms. The summed E-state index contributed by atoms with van der Waals surface area (Å²) in [7, 11) is 1.45. The van der Waals surface area contributed by atoms with Crippen molar-refractivity contribution in [3.8, 4) is 5.88 Å². The molecule has 0 radical (unpaired) electrons. The van der Waals surface area contributed by atoms with Crippen LogP contribution in [0, 0.1) is 17.6 Å². The average Bonchev–Trinajstić information content (AvgIpc) is 2.86. The number of rotatable bonds is 8. The Kier molecular flexibility index (Phi) is 7.82. The molecule has 0 bridgehead atoms. The molecule has 2 heterocycles. The highest BCUT2D eigenvalue weighted by molar-refractivity contribution is 5.78. The van der Waals surface area contributed by atoms with E-state index in [1.165, 1.54) is 19.2 Å². The van der Waals surface area contributed by atoms with E-state index < -0.39 is 18.0 Å². The Labute approximate surface area is 197 Å². The summed E-state index contributed by atoms with van der Waals surface area (Å²) in [6.07, 6.45) is 5.38. The molecule has 1 aliphatic carbocycles. The number of aliphatic hydroxyl groups excluding tert-OH is 2. The Balaban J connectivity index is 1.34. The SMILES string of the molecule is COc1ccc2ncc(F)c([C@@H](O)[C@H](O)C3CCC(NC/C=C/c4cccc(F)c4)CC3)c2n1. The van der Waals surface area contributed by atoms with Crippen LogP contribution in [0.3, 0.4) is 0 Å². The van der Waals surface area contributed by atoms with E-state index in [0.29, 0.717) is 24.9 Å². The van der Waals surface area contributed by atoms with Gasteiger partial charge in [-0.05, 0) is 55.4 Å². The molecular weight excluding hydrogens is 440 g/mol. The Morgan fingerprint density at radius 2 is 1.94 bits per heavy atom. The summed E-state index contributed by atoms with van der Waals surface area (Å²) in [5, 5.41) is 25.3. The van der Waals surface area contributed by atoms with Crippen molar-refractivity contribution < 1.29 is 23.7 Å². The third-order valence-corrected chi connectivity index (χ3v) is 6.44. The lowest BCUT2D eigenvalue weighted by Crippen LogP contribution is -2.38. The number of hydrogen-bond donors (Lipinski definition) is 3. The first-order valence-electron chi connectivity index (χ1n) is 11.5. The number of pyridine rings is 2. The lowest BCUT2D eigenvalue weighted by atomic mass is 9.80. The summed E-state index contributed by atoms with van der Waals surface area (Å²) >= 11 is 0. The maximum atomic E-state index is 14.7. The maximum absolute atomic E-state index is 14.7. The first-order valence-corrected chi connectivity index (χ1v) is 11.5. The topological polar surface area (TPSA) is 87.5 Å². The van der Waals surface area contributed by atoms with Crippen molar-refractivity contribution in [1.29, 1.82) is 0 Å². The molecule has 4 rings (SSSR count). The van der Waals surface area contributed by atoms with Crippen LogP contribution in [0.1, 0.15) is 42.9 Å². The fourth-order valence-electron chi connectivity index (χ4n) is 4.57. The molecule has 6 nitrogen and oxygen atoms in total. The Bertz CT molecular complexity index is 1150. The third-order valence-electron chi connectivity index (χ3n) is 6.44. The van der Waals surface area contributed by atoms with Gasteiger partial charge in [-0.15, -0.1) is 0 Å². The van der Waals surface area contributed by atoms with Gasteiger partial charge in [-0.1, -0.05) is 24.3 Å². The van der Waals surface area contributed by atoms with Gasteiger partial charge in [0.1, 0.15) is 23.3 Å². The highest BCUT2D eigenvalue weighted by atomic mass is 19.1. The number of methoxy groups -OCH3 is 1. The van der Waals surface area contributed by atoms with Gasteiger partial charge in [-0.2, -0.15) is 0 Å². The fourth-order valence-corrected chi connectivity index (χ4v) is 4.57. The van der Waals surface area contributed by atoms with Crippen LogP contribution in [-0.2, 0) is 0 Å². The molecule has 1 saturated carbocycles. The number of nitrogens with one attached hydrogen (secondary N) is 1. The van der Waals surface area contributed by atoms with E-state index in [-0.39, 0.29) is 34.7 Å². The largest absolute Gasteiger partial charge is 0.481 e. The Morgan fingerprint density at radius 3 is 2.68 bits per heavy atom. The lowest BCUT2D eigenvalue weighted by Gasteiger charge is -2.34. The number of benzene rings is 1.